The standard InChI is InChI=1S/C20H19IO6/c1-9-14(23)19-8-18(9,21)6-4-10(19)20-7-5-11(22)17(2,16(25)27-20)13(20)12(19)15(24)26-3/h5,7,10,12-13H,1,4,6,8H2,2-3H3/t10-,12-,13-,17+,18+,19-,20-/m1/s1. The Morgan fingerprint density at radius 2 is 2.07 bits per heavy atom. The molecule has 4 bridgehead atoms. The van der Waals surface area contributed by atoms with E-state index in [-0.39, 0.29) is 17.5 Å². The van der Waals surface area contributed by atoms with E-state index in [4.69, 9.17) is 9.47 Å². The van der Waals surface area contributed by atoms with Crippen molar-refractivity contribution in [3.63, 3.8) is 0 Å². The molecule has 6 nitrogen and oxygen atoms in total. The Morgan fingerprint density at radius 3 is 2.74 bits per heavy atom. The summed E-state index contributed by atoms with van der Waals surface area (Å²) in [5, 5.41) is 0. The highest BCUT2D eigenvalue weighted by Gasteiger charge is 2.86. The zero-order valence-electron chi connectivity index (χ0n) is 15.0. The number of hydrogen-bond donors (Lipinski definition) is 0. The summed E-state index contributed by atoms with van der Waals surface area (Å²) in [7, 11) is 1.28. The van der Waals surface area contributed by atoms with Gasteiger partial charge in [-0.15, -0.1) is 0 Å². The number of carbonyl (C=O) groups is 4. The topological polar surface area (TPSA) is 86.7 Å². The molecule has 0 radical (unpaired) electrons. The number of Topliss-reactive ketones (excluding diaryl/α,β-unsaturated/α-hetero) is 1. The van der Waals surface area contributed by atoms with Gasteiger partial charge in [0.05, 0.1) is 21.9 Å². The molecule has 4 fully saturated rings. The van der Waals surface area contributed by atoms with E-state index in [0.29, 0.717) is 18.4 Å². The Hall–Kier alpha value is -1.51. The van der Waals surface area contributed by atoms with Crippen molar-refractivity contribution in [2.75, 3.05) is 7.11 Å². The minimum Gasteiger partial charge on any atom is -0.469 e. The third kappa shape index (κ3) is 1.55. The fraction of sp³-hybridized carbons (Fsp3) is 0.600. The molecular weight excluding hydrogens is 463 g/mol. The van der Waals surface area contributed by atoms with Gasteiger partial charge in [-0.1, -0.05) is 29.2 Å². The summed E-state index contributed by atoms with van der Waals surface area (Å²) in [5.41, 5.74) is -3.10. The molecule has 3 saturated carbocycles. The summed E-state index contributed by atoms with van der Waals surface area (Å²) in [5.74, 6) is -3.67. The molecule has 0 aromatic carbocycles. The number of carbonyl (C=O) groups excluding carboxylic acids is 4. The van der Waals surface area contributed by atoms with Gasteiger partial charge in [0.1, 0.15) is 11.0 Å². The number of esters is 2. The van der Waals surface area contributed by atoms with E-state index in [1.54, 1.807) is 13.0 Å². The Bertz CT molecular complexity index is 906. The summed E-state index contributed by atoms with van der Waals surface area (Å²) in [6.07, 6.45) is 4.85. The van der Waals surface area contributed by atoms with E-state index >= 15 is 0 Å². The Morgan fingerprint density at radius 1 is 1.37 bits per heavy atom. The Labute approximate surface area is 169 Å². The number of fused-ring (bicyclic) bond motifs is 1. The van der Waals surface area contributed by atoms with Gasteiger partial charge in [0, 0.05) is 17.4 Å². The molecule has 5 rings (SSSR count). The maximum Gasteiger partial charge on any atom is 0.321 e. The number of alkyl halides is 1. The lowest BCUT2D eigenvalue weighted by molar-refractivity contribution is -0.163. The quantitative estimate of drug-likeness (QED) is 0.187. The first-order chi connectivity index (χ1) is 12.6. The van der Waals surface area contributed by atoms with Gasteiger partial charge in [-0.3, -0.25) is 19.2 Å². The predicted molar refractivity (Wildman–Crippen MR) is 101 cm³/mol. The molecular formula is C20H19IO6. The predicted octanol–water partition coefficient (Wildman–Crippen LogP) is 1.95. The minimum absolute atomic E-state index is 0.135. The van der Waals surface area contributed by atoms with Gasteiger partial charge in [0.2, 0.25) is 0 Å². The van der Waals surface area contributed by atoms with Crippen molar-refractivity contribution in [3.8, 4) is 0 Å². The summed E-state index contributed by atoms with van der Waals surface area (Å²) in [4.78, 5) is 52.1. The first-order valence-corrected chi connectivity index (χ1v) is 10.2. The van der Waals surface area contributed by atoms with Crippen molar-refractivity contribution in [3.05, 3.63) is 24.3 Å². The van der Waals surface area contributed by atoms with Crippen LogP contribution in [0.5, 0.6) is 0 Å². The molecule has 1 spiro atoms. The van der Waals surface area contributed by atoms with E-state index in [1.807, 2.05) is 0 Å². The van der Waals surface area contributed by atoms with Crippen molar-refractivity contribution in [1.82, 2.24) is 0 Å². The van der Waals surface area contributed by atoms with E-state index in [9.17, 15) is 19.2 Å². The van der Waals surface area contributed by atoms with Gasteiger partial charge >= 0.3 is 11.9 Å². The van der Waals surface area contributed by atoms with Crippen LogP contribution in [0.1, 0.15) is 26.2 Å². The maximum absolute atomic E-state index is 13.5. The SMILES string of the molecule is C=C1C(=O)[C@]23C[C@@]1(I)CC[C@H]2[C@@]12C=CC(=O)[C@](C)(C(=O)O1)[C@H]2[C@@H]3C(=O)OC. The Balaban J connectivity index is 1.83. The third-order valence-electron chi connectivity index (χ3n) is 7.96. The molecule has 0 N–H and O–H groups in total. The van der Waals surface area contributed by atoms with Crippen LogP contribution in [0.25, 0.3) is 0 Å². The summed E-state index contributed by atoms with van der Waals surface area (Å²) >= 11 is 2.28. The molecule has 1 saturated heterocycles. The van der Waals surface area contributed by atoms with Crippen LogP contribution in [-0.4, -0.2) is 39.6 Å². The molecule has 5 aliphatic rings. The lowest BCUT2D eigenvalue weighted by Gasteiger charge is -2.43. The van der Waals surface area contributed by atoms with Gasteiger partial charge in [0.25, 0.3) is 0 Å². The molecule has 0 unspecified atom stereocenters. The monoisotopic (exact) mass is 482 g/mol. The van der Waals surface area contributed by atoms with Crippen LogP contribution >= 0.6 is 22.6 Å². The van der Waals surface area contributed by atoms with Crippen LogP contribution in [0.4, 0.5) is 0 Å². The lowest BCUT2D eigenvalue weighted by atomic mass is 9.61. The number of ether oxygens (including phenoxy) is 2. The van der Waals surface area contributed by atoms with Crippen molar-refractivity contribution >= 4 is 46.1 Å². The maximum atomic E-state index is 13.5. The molecule has 0 aromatic rings. The van der Waals surface area contributed by atoms with Gasteiger partial charge < -0.3 is 9.47 Å². The highest BCUT2D eigenvalue weighted by atomic mass is 127. The first kappa shape index (κ1) is 17.6. The van der Waals surface area contributed by atoms with Gasteiger partial charge in [-0.05, 0) is 38.3 Å². The largest absolute Gasteiger partial charge is 0.469 e. The van der Waals surface area contributed by atoms with Crippen LogP contribution < -0.4 is 0 Å². The van der Waals surface area contributed by atoms with Crippen molar-refractivity contribution in [2.45, 2.75) is 35.2 Å². The smallest absolute Gasteiger partial charge is 0.321 e. The van der Waals surface area contributed by atoms with E-state index in [0.717, 1.165) is 6.42 Å². The fourth-order valence-electron chi connectivity index (χ4n) is 6.83. The second kappa shape index (κ2) is 4.72. The highest BCUT2D eigenvalue weighted by Crippen LogP contribution is 2.77. The van der Waals surface area contributed by atoms with E-state index in [2.05, 4.69) is 29.2 Å². The molecule has 142 valence electrons. The average Bonchev–Trinajstić information content (AvgIpc) is 3.04. The number of allylic oxidation sites excluding steroid dienone is 2. The number of methoxy groups -OCH3 is 1. The molecule has 4 aliphatic carbocycles. The molecule has 27 heavy (non-hydrogen) atoms. The summed E-state index contributed by atoms with van der Waals surface area (Å²) in [6.45, 7) is 5.59. The van der Waals surface area contributed by atoms with Crippen molar-refractivity contribution in [1.29, 1.82) is 0 Å². The number of rotatable bonds is 1. The molecule has 7 atom stereocenters. The van der Waals surface area contributed by atoms with Gasteiger partial charge in [-0.25, -0.2) is 0 Å². The third-order valence-corrected chi connectivity index (χ3v) is 9.53. The zero-order valence-corrected chi connectivity index (χ0v) is 17.2. The van der Waals surface area contributed by atoms with Crippen LogP contribution in [0.15, 0.2) is 24.3 Å². The average molecular weight is 482 g/mol. The zero-order chi connectivity index (χ0) is 19.6. The van der Waals surface area contributed by atoms with Crippen LogP contribution in [-0.2, 0) is 28.7 Å². The second-order valence-corrected chi connectivity index (χ2v) is 10.8. The summed E-state index contributed by atoms with van der Waals surface area (Å²) in [6, 6.07) is 0. The lowest BCUT2D eigenvalue weighted by Crippen LogP contribution is -2.49. The number of hydrogen-bond acceptors (Lipinski definition) is 6. The second-order valence-electron chi connectivity index (χ2n) is 8.70. The van der Waals surface area contributed by atoms with Crippen molar-refractivity contribution < 1.29 is 28.7 Å². The summed E-state index contributed by atoms with van der Waals surface area (Å²) < 4.78 is 10.6. The van der Waals surface area contributed by atoms with Crippen LogP contribution in [0.2, 0.25) is 0 Å². The fourth-order valence-corrected chi connectivity index (χ4v) is 8.02. The van der Waals surface area contributed by atoms with Crippen molar-refractivity contribution in [2.24, 2.45) is 28.6 Å². The Kier molecular flexibility index (Phi) is 3.07. The molecule has 0 amide bonds. The van der Waals surface area contributed by atoms with Gasteiger partial charge in [0.15, 0.2) is 11.6 Å². The molecule has 7 heteroatoms. The highest BCUT2D eigenvalue weighted by molar-refractivity contribution is 14.1. The van der Waals surface area contributed by atoms with E-state index < -0.39 is 43.6 Å². The molecule has 1 aliphatic heterocycles. The number of ketones is 2. The first-order valence-electron chi connectivity index (χ1n) is 9.07. The van der Waals surface area contributed by atoms with E-state index in [1.165, 1.54) is 13.2 Å². The van der Waals surface area contributed by atoms with Crippen LogP contribution in [0.3, 0.4) is 0 Å². The normalized spacial score (nSPS) is 51.9. The molecule has 1 heterocycles. The minimum atomic E-state index is -1.47. The van der Waals surface area contributed by atoms with Gasteiger partial charge in [-0.2, -0.15) is 0 Å². The number of halogens is 1. The molecule has 0 aromatic heterocycles. The van der Waals surface area contributed by atoms with Crippen LogP contribution in [0, 0.1) is 28.6 Å².